The summed E-state index contributed by atoms with van der Waals surface area (Å²) in [5, 5.41) is 19.9. The minimum atomic E-state index is -1.40. The van der Waals surface area contributed by atoms with Crippen LogP contribution in [0.3, 0.4) is 0 Å². The number of aliphatic hydroxyl groups is 1. The highest BCUT2D eigenvalue weighted by atomic mass is 28.3. The summed E-state index contributed by atoms with van der Waals surface area (Å²) in [7, 11) is -1.40. The predicted octanol–water partition coefficient (Wildman–Crippen LogP) is 5.98. The standard InChI is InChI=1S/C26H50O5Si/c1-7-8-9-10-11-13-16-19-22(20(27)17-14-12-15-18-21(28)29)24(30)25(31-32(5)6)23(19)26(2,3)4/h19-20,22-23,25,27,32H,7-18H2,1-6H3,(H,28,29). The van der Waals surface area contributed by atoms with Crippen LogP contribution in [0.1, 0.15) is 105 Å². The van der Waals surface area contributed by atoms with E-state index >= 15 is 0 Å². The Morgan fingerprint density at radius 3 is 2.19 bits per heavy atom. The maximum absolute atomic E-state index is 13.6. The quantitative estimate of drug-likeness (QED) is 0.214. The van der Waals surface area contributed by atoms with Crippen LogP contribution in [0.4, 0.5) is 0 Å². The molecule has 0 saturated heterocycles. The molecule has 0 aromatic heterocycles. The van der Waals surface area contributed by atoms with Gasteiger partial charge in [0.05, 0.1) is 6.10 Å². The van der Waals surface area contributed by atoms with Crippen molar-refractivity contribution in [2.24, 2.45) is 23.2 Å². The first kappa shape index (κ1) is 29.3. The van der Waals surface area contributed by atoms with Crippen molar-refractivity contribution in [1.29, 1.82) is 0 Å². The number of Topliss-reactive ketones (excluding diaryl/α,β-unsaturated/α-hetero) is 1. The van der Waals surface area contributed by atoms with Crippen molar-refractivity contribution >= 4 is 20.8 Å². The Kier molecular flexibility index (Phi) is 13.3. The van der Waals surface area contributed by atoms with E-state index in [0.29, 0.717) is 12.8 Å². The van der Waals surface area contributed by atoms with Gasteiger partial charge >= 0.3 is 5.97 Å². The SMILES string of the molecule is CCCCCCCCC1C(C(O)CCCCCC(=O)O)C(=O)C(O[SiH](C)C)C1C(C)(C)C. The van der Waals surface area contributed by atoms with Crippen LogP contribution in [0.15, 0.2) is 0 Å². The van der Waals surface area contributed by atoms with Gasteiger partial charge in [-0.1, -0.05) is 79.1 Å². The summed E-state index contributed by atoms with van der Waals surface area (Å²) in [5.41, 5.74) is -0.0630. The number of carbonyl (C=O) groups excluding carboxylic acids is 1. The van der Waals surface area contributed by atoms with E-state index in [9.17, 15) is 14.7 Å². The number of aliphatic carboxylic acids is 1. The van der Waals surface area contributed by atoms with Crippen molar-refractivity contribution in [3.63, 3.8) is 0 Å². The van der Waals surface area contributed by atoms with E-state index in [2.05, 4.69) is 40.8 Å². The zero-order valence-corrected chi connectivity index (χ0v) is 22.7. The average Bonchev–Trinajstić information content (AvgIpc) is 2.95. The first-order valence-electron chi connectivity index (χ1n) is 13.1. The smallest absolute Gasteiger partial charge is 0.303 e. The Bertz CT molecular complexity index is 557. The molecule has 0 spiro atoms. The summed E-state index contributed by atoms with van der Waals surface area (Å²) in [5.74, 6) is -0.735. The van der Waals surface area contributed by atoms with Crippen molar-refractivity contribution in [1.82, 2.24) is 0 Å². The first-order chi connectivity index (χ1) is 15.0. The van der Waals surface area contributed by atoms with E-state index < -0.39 is 27.2 Å². The fourth-order valence-corrected chi connectivity index (χ4v) is 6.44. The van der Waals surface area contributed by atoms with Crippen LogP contribution in [-0.2, 0) is 14.0 Å². The fourth-order valence-electron chi connectivity index (χ4n) is 5.55. The van der Waals surface area contributed by atoms with Gasteiger partial charge in [-0.2, -0.15) is 0 Å². The maximum Gasteiger partial charge on any atom is 0.303 e. The molecule has 5 nitrogen and oxygen atoms in total. The number of aliphatic hydroxyl groups excluding tert-OH is 1. The van der Waals surface area contributed by atoms with Gasteiger partial charge in [0.1, 0.15) is 6.10 Å². The molecule has 2 N–H and O–H groups in total. The number of rotatable bonds is 16. The maximum atomic E-state index is 13.6. The van der Waals surface area contributed by atoms with E-state index in [1.54, 1.807) is 0 Å². The van der Waals surface area contributed by atoms with Crippen LogP contribution in [0.25, 0.3) is 0 Å². The van der Waals surface area contributed by atoms with Crippen LogP contribution in [0.5, 0.6) is 0 Å². The Labute approximate surface area is 198 Å². The highest BCUT2D eigenvalue weighted by molar-refractivity contribution is 6.48. The molecular weight excluding hydrogens is 420 g/mol. The second-order valence-electron chi connectivity index (χ2n) is 11.2. The van der Waals surface area contributed by atoms with Crippen LogP contribution in [-0.4, -0.2) is 43.2 Å². The number of carbonyl (C=O) groups is 2. The van der Waals surface area contributed by atoms with Crippen LogP contribution < -0.4 is 0 Å². The van der Waals surface area contributed by atoms with Crippen molar-refractivity contribution in [2.75, 3.05) is 0 Å². The van der Waals surface area contributed by atoms with Crippen molar-refractivity contribution in [3.8, 4) is 0 Å². The van der Waals surface area contributed by atoms with E-state index in [-0.39, 0.29) is 35.4 Å². The second kappa shape index (κ2) is 14.5. The van der Waals surface area contributed by atoms with Gasteiger partial charge in [0.25, 0.3) is 0 Å². The number of unbranched alkanes of at least 4 members (excludes halogenated alkanes) is 7. The minimum Gasteiger partial charge on any atom is -0.481 e. The first-order valence-corrected chi connectivity index (χ1v) is 15.9. The van der Waals surface area contributed by atoms with Gasteiger partial charge in [0.15, 0.2) is 14.8 Å². The fraction of sp³-hybridized carbons (Fsp3) is 0.923. The molecule has 0 bridgehead atoms. The minimum absolute atomic E-state index is 0.0630. The van der Waals surface area contributed by atoms with E-state index in [4.69, 9.17) is 9.53 Å². The molecule has 1 fully saturated rings. The summed E-state index contributed by atoms with van der Waals surface area (Å²) in [6, 6.07) is 0. The number of hydrogen-bond donors (Lipinski definition) is 2. The molecule has 1 aliphatic rings. The van der Waals surface area contributed by atoms with Crippen molar-refractivity contribution in [3.05, 3.63) is 0 Å². The second-order valence-corrected chi connectivity index (χ2v) is 13.6. The van der Waals surface area contributed by atoms with Crippen molar-refractivity contribution in [2.45, 2.75) is 130 Å². The zero-order chi connectivity index (χ0) is 24.3. The van der Waals surface area contributed by atoms with Gasteiger partial charge in [-0.15, -0.1) is 0 Å². The van der Waals surface area contributed by atoms with Gasteiger partial charge in [0, 0.05) is 12.3 Å². The Morgan fingerprint density at radius 2 is 1.62 bits per heavy atom. The molecule has 0 aliphatic heterocycles. The highest BCUT2D eigenvalue weighted by Gasteiger charge is 2.55. The van der Waals surface area contributed by atoms with Crippen LogP contribution >= 0.6 is 0 Å². The molecule has 1 aliphatic carbocycles. The molecule has 6 heteroatoms. The summed E-state index contributed by atoms with van der Waals surface area (Å²) in [4.78, 5) is 24.3. The molecule has 5 unspecified atom stereocenters. The number of carboxylic acid groups (broad SMARTS) is 1. The Hall–Kier alpha value is -0.723. The lowest BCUT2D eigenvalue weighted by atomic mass is 9.70. The molecule has 5 atom stereocenters. The molecule has 0 amide bonds. The average molecular weight is 471 g/mol. The number of hydrogen-bond acceptors (Lipinski definition) is 4. The lowest BCUT2D eigenvalue weighted by Gasteiger charge is -2.37. The van der Waals surface area contributed by atoms with Gasteiger partial charge < -0.3 is 14.6 Å². The van der Waals surface area contributed by atoms with E-state index in [1.165, 1.54) is 32.1 Å². The molecule has 0 aromatic carbocycles. The highest BCUT2D eigenvalue weighted by Crippen LogP contribution is 2.50. The Morgan fingerprint density at radius 1 is 1.03 bits per heavy atom. The van der Waals surface area contributed by atoms with Gasteiger partial charge in [-0.3, -0.25) is 9.59 Å². The Balaban J connectivity index is 2.91. The summed E-state index contributed by atoms with van der Waals surface area (Å²) >= 11 is 0. The molecule has 32 heavy (non-hydrogen) atoms. The molecular formula is C26H50O5Si. The van der Waals surface area contributed by atoms with Gasteiger partial charge in [-0.05, 0) is 49.6 Å². The summed E-state index contributed by atoms with van der Waals surface area (Å²) < 4.78 is 6.31. The van der Waals surface area contributed by atoms with Gasteiger partial charge in [-0.25, -0.2) is 0 Å². The largest absolute Gasteiger partial charge is 0.481 e. The predicted molar refractivity (Wildman–Crippen MR) is 133 cm³/mol. The summed E-state index contributed by atoms with van der Waals surface area (Å²) in [6.45, 7) is 13.1. The lowest BCUT2D eigenvalue weighted by Crippen LogP contribution is -2.38. The van der Waals surface area contributed by atoms with E-state index in [0.717, 1.165) is 25.7 Å². The molecule has 0 radical (unpaired) electrons. The third-order valence-electron chi connectivity index (χ3n) is 6.97. The zero-order valence-electron chi connectivity index (χ0n) is 21.6. The number of ketones is 1. The van der Waals surface area contributed by atoms with Crippen LogP contribution in [0.2, 0.25) is 13.1 Å². The van der Waals surface area contributed by atoms with Gasteiger partial charge in [0.2, 0.25) is 0 Å². The number of carboxylic acids is 1. The summed E-state index contributed by atoms with van der Waals surface area (Å²) in [6.07, 6.45) is 10.1. The molecule has 188 valence electrons. The van der Waals surface area contributed by atoms with Crippen molar-refractivity contribution < 1.29 is 24.2 Å². The van der Waals surface area contributed by atoms with E-state index in [1.807, 2.05) is 0 Å². The molecule has 0 aromatic rings. The third kappa shape index (κ3) is 9.64. The molecule has 0 heterocycles. The lowest BCUT2D eigenvalue weighted by molar-refractivity contribution is -0.137. The molecule has 1 saturated carbocycles. The molecule has 1 rings (SSSR count). The third-order valence-corrected chi connectivity index (χ3v) is 7.81. The topological polar surface area (TPSA) is 83.8 Å². The normalized spacial score (nSPS) is 24.9. The monoisotopic (exact) mass is 470 g/mol. The van der Waals surface area contributed by atoms with Crippen LogP contribution in [0, 0.1) is 23.2 Å².